The fourth-order valence-electron chi connectivity index (χ4n) is 4.07. The Morgan fingerprint density at radius 3 is 1.76 bits per heavy atom. The highest BCUT2D eigenvalue weighted by Gasteiger charge is 2.31. The van der Waals surface area contributed by atoms with E-state index in [9.17, 15) is 24.0 Å². The molecule has 1 aromatic carbocycles. The molecule has 0 radical (unpaired) electrons. The van der Waals surface area contributed by atoms with Gasteiger partial charge in [0.05, 0.1) is 6.04 Å². The second-order valence-electron chi connectivity index (χ2n) is 14.1. The molecule has 1 aromatic rings. The fraction of sp³-hybridized carbons (Fsp3) is 0.667. The Balaban J connectivity index is 2.82. The summed E-state index contributed by atoms with van der Waals surface area (Å²) in [5.41, 5.74) is 4.75. The minimum absolute atomic E-state index is 0.0698. The first-order valence-electron chi connectivity index (χ1n) is 15.6. The average Bonchev–Trinajstić information content (AvgIpc) is 2.88. The minimum atomic E-state index is -1.18. The van der Waals surface area contributed by atoms with Crippen LogP contribution in [-0.4, -0.2) is 71.3 Å². The zero-order valence-corrected chi connectivity index (χ0v) is 30.9. The third-order valence-corrected chi connectivity index (χ3v) is 7.06. The normalized spacial score (nSPS) is 13.9. The molecule has 0 aliphatic rings. The van der Waals surface area contributed by atoms with Crippen LogP contribution in [0.15, 0.2) is 24.3 Å². The topological polar surface area (TPSA) is 175 Å². The number of halogens is 1. The Kier molecular flexibility index (Phi) is 16.4. The molecule has 3 atom stereocenters. The molecule has 0 aliphatic carbocycles. The number of nitrogens with two attached hydrogens (primary N) is 1. The Hall–Kier alpha value is -2.94. The highest BCUT2D eigenvalue weighted by Crippen LogP contribution is 2.16. The van der Waals surface area contributed by atoms with E-state index in [4.69, 9.17) is 19.9 Å². The van der Waals surface area contributed by atoms with Gasteiger partial charge >= 0.3 is 23.9 Å². The number of hydrogen-bond acceptors (Lipinski definition) is 9. The number of carbonyl (C=O) groups is 5. The molecule has 13 heteroatoms. The van der Waals surface area contributed by atoms with Crippen LogP contribution < -0.4 is 21.7 Å². The molecular formula is C33H53IN4O8. The summed E-state index contributed by atoms with van der Waals surface area (Å²) in [6.45, 7) is 15.7. The number of benzene rings is 1. The molecule has 260 valence electrons. The summed E-state index contributed by atoms with van der Waals surface area (Å²) in [7, 11) is 0. The Labute approximate surface area is 287 Å². The van der Waals surface area contributed by atoms with Crippen LogP contribution in [0.25, 0.3) is 0 Å². The van der Waals surface area contributed by atoms with Crippen molar-refractivity contribution in [2.45, 2.75) is 136 Å². The second kappa shape index (κ2) is 18.4. The number of amides is 3. The maximum Gasteiger partial charge on any atom is 0.329 e. The van der Waals surface area contributed by atoms with Gasteiger partial charge in [0.1, 0.15) is 28.9 Å². The zero-order chi connectivity index (χ0) is 35.3. The van der Waals surface area contributed by atoms with Crippen molar-refractivity contribution in [3.8, 4) is 0 Å². The van der Waals surface area contributed by atoms with Gasteiger partial charge < -0.3 is 35.9 Å². The number of nitrogens with one attached hydrogen (secondary N) is 3. The van der Waals surface area contributed by atoms with Crippen LogP contribution in [-0.2, 0) is 39.8 Å². The van der Waals surface area contributed by atoms with Crippen LogP contribution in [0.4, 0.5) is 4.79 Å². The molecule has 0 spiro atoms. The number of rotatable bonds is 15. The lowest BCUT2D eigenvalue weighted by Gasteiger charge is -2.27. The van der Waals surface area contributed by atoms with Crippen molar-refractivity contribution >= 4 is 52.4 Å². The van der Waals surface area contributed by atoms with Crippen LogP contribution in [0, 0.1) is 3.57 Å². The number of esters is 3. The lowest BCUT2D eigenvalue weighted by Crippen LogP contribution is -2.53. The predicted molar refractivity (Wildman–Crippen MR) is 184 cm³/mol. The Bertz CT molecular complexity index is 1190. The minimum Gasteiger partial charge on any atom is -0.460 e. The van der Waals surface area contributed by atoms with Gasteiger partial charge in [0.15, 0.2) is 0 Å². The smallest absolute Gasteiger partial charge is 0.329 e. The van der Waals surface area contributed by atoms with Crippen molar-refractivity contribution in [2.24, 2.45) is 5.73 Å². The molecule has 0 unspecified atom stereocenters. The monoisotopic (exact) mass is 760 g/mol. The molecule has 0 aliphatic heterocycles. The molecule has 5 N–H and O–H groups in total. The number of ether oxygens (including phenoxy) is 3. The quantitative estimate of drug-likeness (QED) is 0.0880. The van der Waals surface area contributed by atoms with Crippen LogP contribution in [0.1, 0.15) is 100.0 Å². The van der Waals surface area contributed by atoms with Crippen LogP contribution >= 0.6 is 22.6 Å². The van der Waals surface area contributed by atoms with Gasteiger partial charge in [-0.25, -0.2) is 14.4 Å². The first-order chi connectivity index (χ1) is 21.1. The predicted octanol–water partition coefficient (Wildman–Crippen LogP) is 4.29. The Morgan fingerprint density at radius 1 is 0.761 bits per heavy atom. The van der Waals surface area contributed by atoms with Crippen LogP contribution in [0.2, 0.25) is 0 Å². The van der Waals surface area contributed by atoms with Crippen molar-refractivity contribution < 1.29 is 38.2 Å². The van der Waals surface area contributed by atoms with Crippen molar-refractivity contribution in [2.75, 3.05) is 6.54 Å². The van der Waals surface area contributed by atoms with Gasteiger partial charge in [-0.05, 0) is 129 Å². The largest absolute Gasteiger partial charge is 0.460 e. The van der Waals surface area contributed by atoms with Gasteiger partial charge in [-0.2, -0.15) is 0 Å². The first-order valence-corrected chi connectivity index (χ1v) is 16.7. The summed E-state index contributed by atoms with van der Waals surface area (Å²) in [5.74, 6) is -2.18. The average molecular weight is 761 g/mol. The van der Waals surface area contributed by atoms with E-state index in [-0.39, 0.29) is 25.2 Å². The van der Waals surface area contributed by atoms with Gasteiger partial charge in [-0.1, -0.05) is 18.2 Å². The SMILES string of the molecule is CC(C)(C)OC(=O)CC[C@H](NC(=O)N[C@@H](CCCCNC(=O)[C@@H](N)Cc1ccccc1I)C(=O)OC(C)(C)C)C(=O)OC(C)(C)C. The number of hydrogen-bond donors (Lipinski definition) is 4. The Morgan fingerprint density at radius 2 is 1.26 bits per heavy atom. The zero-order valence-electron chi connectivity index (χ0n) is 28.7. The van der Waals surface area contributed by atoms with Gasteiger partial charge in [0.25, 0.3) is 0 Å². The molecule has 0 heterocycles. The molecular weight excluding hydrogens is 707 g/mol. The van der Waals surface area contributed by atoms with Gasteiger partial charge in [-0.3, -0.25) is 9.59 Å². The van der Waals surface area contributed by atoms with E-state index in [0.717, 1.165) is 9.13 Å². The van der Waals surface area contributed by atoms with E-state index < -0.39 is 58.9 Å². The van der Waals surface area contributed by atoms with E-state index in [1.54, 1.807) is 62.3 Å². The molecule has 0 aromatic heterocycles. The third kappa shape index (κ3) is 18.3. The van der Waals surface area contributed by atoms with Gasteiger partial charge in [0, 0.05) is 16.5 Å². The maximum absolute atomic E-state index is 13.1. The van der Waals surface area contributed by atoms with Gasteiger partial charge in [-0.15, -0.1) is 0 Å². The lowest BCUT2D eigenvalue weighted by molar-refractivity contribution is -0.159. The first kappa shape index (κ1) is 41.1. The van der Waals surface area contributed by atoms with E-state index in [1.807, 2.05) is 24.3 Å². The number of unbranched alkanes of at least 4 members (excludes halogenated alkanes) is 1. The maximum atomic E-state index is 13.1. The molecule has 0 saturated carbocycles. The summed E-state index contributed by atoms with van der Waals surface area (Å²) >= 11 is 2.21. The fourth-order valence-corrected chi connectivity index (χ4v) is 4.67. The number of carbonyl (C=O) groups excluding carboxylic acids is 5. The molecule has 0 saturated heterocycles. The summed E-state index contributed by atoms with van der Waals surface area (Å²) < 4.78 is 17.3. The summed E-state index contributed by atoms with van der Waals surface area (Å²) in [6, 6.07) is 4.00. The summed E-state index contributed by atoms with van der Waals surface area (Å²) in [4.78, 5) is 63.8. The number of urea groups is 1. The molecule has 12 nitrogen and oxygen atoms in total. The van der Waals surface area contributed by atoms with E-state index in [2.05, 4.69) is 38.5 Å². The third-order valence-electron chi connectivity index (χ3n) is 6.00. The summed E-state index contributed by atoms with van der Waals surface area (Å²) in [6.07, 6.45) is 1.38. The van der Waals surface area contributed by atoms with Crippen LogP contribution in [0.3, 0.4) is 0 Å². The van der Waals surface area contributed by atoms with Crippen molar-refractivity contribution in [3.63, 3.8) is 0 Å². The van der Waals surface area contributed by atoms with Gasteiger partial charge in [0.2, 0.25) is 5.91 Å². The molecule has 0 bridgehead atoms. The lowest BCUT2D eigenvalue weighted by atomic mass is 10.1. The highest BCUT2D eigenvalue weighted by atomic mass is 127. The highest BCUT2D eigenvalue weighted by molar-refractivity contribution is 14.1. The van der Waals surface area contributed by atoms with E-state index >= 15 is 0 Å². The van der Waals surface area contributed by atoms with Crippen molar-refractivity contribution in [1.29, 1.82) is 0 Å². The van der Waals surface area contributed by atoms with E-state index in [1.165, 1.54) is 0 Å². The van der Waals surface area contributed by atoms with Crippen molar-refractivity contribution in [1.82, 2.24) is 16.0 Å². The standard InChI is InChI=1S/C33H53IN4O8/c1-31(2,3)44-26(39)18-17-25(29(42)46-33(7,8)9)38-30(43)37-24(28(41)45-32(4,5)6)16-12-13-19-36-27(40)23(35)20-21-14-10-11-15-22(21)34/h10-11,14-15,23-25H,12-13,16-20,35H2,1-9H3,(H,36,40)(H2,37,38,43)/t23-,24-,25-/m0/s1. The summed E-state index contributed by atoms with van der Waals surface area (Å²) in [5, 5.41) is 7.98. The second-order valence-corrected chi connectivity index (χ2v) is 15.3. The van der Waals surface area contributed by atoms with E-state index in [0.29, 0.717) is 25.8 Å². The molecule has 3 amide bonds. The van der Waals surface area contributed by atoms with Crippen molar-refractivity contribution in [3.05, 3.63) is 33.4 Å². The molecule has 0 fully saturated rings. The molecule has 46 heavy (non-hydrogen) atoms. The van der Waals surface area contributed by atoms with Crippen LogP contribution in [0.5, 0.6) is 0 Å². The molecule has 1 rings (SSSR count).